The van der Waals surface area contributed by atoms with Crippen molar-refractivity contribution in [3.05, 3.63) is 42.5 Å². The average Bonchev–Trinajstić information content (AvgIpc) is 2.48. The average molecular weight is 268 g/mol. The van der Waals surface area contributed by atoms with Crippen LogP contribution in [0.4, 0.5) is 0 Å². The van der Waals surface area contributed by atoms with Crippen molar-refractivity contribution < 1.29 is 0 Å². The van der Waals surface area contributed by atoms with Gasteiger partial charge >= 0.3 is 0 Å². The Morgan fingerprint density at radius 3 is 1.90 bits per heavy atom. The van der Waals surface area contributed by atoms with Crippen molar-refractivity contribution in [3.63, 3.8) is 0 Å². The highest BCUT2D eigenvalue weighted by molar-refractivity contribution is 5.45. The van der Waals surface area contributed by atoms with Crippen LogP contribution in [0.1, 0.15) is 51.0 Å². The van der Waals surface area contributed by atoms with Gasteiger partial charge in [-0.05, 0) is 67.3 Å². The van der Waals surface area contributed by atoms with E-state index in [4.69, 9.17) is 0 Å². The van der Waals surface area contributed by atoms with Gasteiger partial charge in [-0.25, -0.2) is 0 Å². The van der Waals surface area contributed by atoms with Gasteiger partial charge in [-0.3, -0.25) is 0 Å². The first-order valence-corrected chi connectivity index (χ1v) is 8.47. The van der Waals surface area contributed by atoms with Crippen LogP contribution in [0.5, 0.6) is 0 Å². The van der Waals surface area contributed by atoms with Crippen molar-refractivity contribution in [1.29, 1.82) is 0 Å². The molecule has 1 aromatic carbocycles. The van der Waals surface area contributed by atoms with Crippen LogP contribution >= 0.6 is 0 Å². The Kier molecular flexibility index (Phi) is 4.29. The maximum absolute atomic E-state index is 3.63. The quantitative estimate of drug-likeness (QED) is 0.636. The van der Waals surface area contributed by atoms with E-state index in [1.165, 1.54) is 12.0 Å². The fourth-order valence-corrected chi connectivity index (χ4v) is 5.29. The summed E-state index contributed by atoms with van der Waals surface area (Å²) in [5.74, 6) is 5.78. The van der Waals surface area contributed by atoms with Gasteiger partial charge in [0.25, 0.3) is 0 Å². The summed E-state index contributed by atoms with van der Waals surface area (Å²) in [6, 6.07) is 10.0. The van der Waals surface area contributed by atoms with Gasteiger partial charge in [-0.15, -0.1) is 0 Å². The molecule has 0 radical (unpaired) electrons. The Hall–Kier alpha value is -1.04. The zero-order valence-electron chi connectivity index (χ0n) is 12.8. The van der Waals surface area contributed by atoms with Gasteiger partial charge < -0.3 is 0 Å². The molecule has 0 nitrogen and oxygen atoms in total. The molecule has 0 saturated heterocycles. The largest absolute Gasteiger partial charge is 0.0985 e. The molecule has 20 heavy (non-hydrogen) atoms. The fraction of sp³-hybridized carbons (Fsp3) is 0.600. The molecule has 4 bridgehead atoms. The monoisotopic (exact) mass is 268 g/mol. The first-order chi connectivity index (χ1) is 9.80. The predicted octanol–water partition coefficient (Wildman–Crippen LogP) is 5.80. The lowest BCUT2D eigenvalue weighted by Gasteiger charge is -2.54. The van der Waals surface area contributed by atoms with Crippen molar-refractivity contribution >= 4 is 6.08 Å². The molecule has 4 aliphatic rings. The third-order valence-electron chi connectivity index (χ3n) is 5.93. The molecule has 0 amide bonds. The van der Waals surface area contributed by atoms with E-state index in [2.05, 4.69) is 13.5 Å². The molecule has 1 aromatic rings. The molecule has 5 rings (SSSR count). The van der Waals surface area contributed by atoms with Crippen LogP contribution in [0.15, 0.2) is 36.9 Å². The topological polar surface area (TPSA) is 0 Å². The number of hydrogen-bond acceptors (Lipinski definition) is 0. The molecule has 0 N–H and O–H groups in total. The Morgan fingerprint density at radius 1 is 0.950 bits per heavy atom. The van der Waals surface area contributed by atoms with E-state index in [0.717, 1.165) is 29.6 Å². The van der Waals surface area contributed by atoms with Gasteiger partial charge in [0.1, 0.15) is 0 Å². The van der Waals surface area contributed by atoms with Gasteiger partial charge in [0.05, 0.1) is 0 Å². The SMILES string of the molecule is C=Cc1ccccc1.CCC1C2CC3CC(C2)CC1C3. The minimum absolute atomic E-state index is 1.14. The van der Waals surface area contributed by atoms with E-state index < -0.39 is 0 Å². The van der Waals surface area contributed by atoms with Gasteiger partial charge in [-0.1, -0.05) is 56.3 Å². The van der Waals surface area contributed by atoms with E-state index >= 15 is 0 Å². The summed E-state index contributed by atoms with van der Waals surface area (Å²) >= 11 is 0. The van der Waals surface area contributed by atoms with Crippen LogP contribution in [0.3, 0.4) is 0 Å². The summed E-state index contributed by atoms with van der Waals surface area (Å²) in [5, 5.41) is 0. The van der Waals surface area contributed by atoms with E-state index in [-0.39, 0.29) is 0 Å². The molecule has 0 spiro atoms. The van der Waals surface area contributed by atoms with Crippen molar-refractivity contribution in [1.82, 2.24) is 0 Å². The molecule has 4 aliphatic carbocycles. The minimum Gasteiger partial charge on any atom is -0.0985 e. The lowest BCUT2D eigenvalue weighted by atomic mass is 9.51. The van der Waals surface area contributed by atoms with Gasteiger partial charge in [0.15, 0.2) is 0 Å². The van der Waals surface area contributed by atoms with Crippen molar-refractivity contribution in [2.45, 2.75) is 45.4 Å². The minimum atomic E-state index is 1.14. The highest BCUT2D eigenvalue weighted by Gasteiger charge is 2.47. The van der Waals surface area contributed by atoms with Crippen LogP contribution < -0.4 is 0 Å². The van der Waals surface area contributed by atoms with Gasteiger partial charge in [-0.2, -0.15) is 0 Å². The zero-order valence-corrected chi connectivity index (χ0v) is 12.8. The lowest BCUT2D eigenvalue weighted by Crippen LogP contribution is -2.44. The molecule has 0 heterocycles. The first-order valence-electron chi connectivity index (χ1n) is 8.47. The fourth-order valence-electron chi connectivity index (χ4n) is 5.29. The molecule has 4 saturated carbocycles. The summed E-state index contributed by atoms with van der Waals surface area (Å²) in [4.78, 5) is 0. The van der Waals surface area contributed by atoms with Crippen molar-refractivity contribution in [3.8, 4) is 0 Å². The number of benzene rings is 1. The summed E-state index contributed by atoms with van der Waals surface area (Å²) in [7, 11) is 0. The molecule has 0 unspecified atom stereocenters. The van der Waals surface area contributed by atoms with Gasteiger partial charge in [0.2, 0.25) is 0 Å². The van der Waals surface area contributed by atoms with Crippen LogP contribution in [0.2, 0.25) is 0 Å². The van der Waals surface area contributed by atoms with Gasteiger partial charge in [0, 0.05) is 0 Å². The highest BCUT2D eigenvalue weighted by atomic mass is 14.5. The maximum atomic E-state index is 3.63. The predicted molar refractivity (Wildman–Crippen MR) is 87.4 cm³/mol. The second kappa shape index (κ2) is 6.16. The molecular weight excluding hydrogens is 240 g/mol. The lowest BCUT2D eigenvalue weighted by molar-refractivity contribution is -0.0376. The highest BCUT2D eigenvalue weighted by Crippen LogP contribution is 2.57. The van der Waals surface area contributed by atoms with Crippen LogP contribution in [0, 0.1) is 29.6 Å². The summed E-state index contributed by atoms with van der Waals surface area (Å²) in [6.07, 6.45) is 11.3. The normalized spacial score (nSPS) is 37.1. The summed E-state index contributed by atoms with van der Waals surface area (Å²) in [5.41, 5.74) is 1.17. The first kappa shape index (κ1) is 13.9. The van der Waals surface area contributed by atoms with Crippen LogP contribution in [-0.2, 0) is 0 Å². The Balaban J connectivity index is 0.000000133. The Labute approximate surface area is 124 Å². The second-order valence-corrected chi connectivity index (χ2v) is 7.12. The molecular formula is C20H28. The third-order valence-corrected chi connectivity index (χ3v) is 5.93. The number of rotatable bonds is 2. The van der Waals surface area contributed by atoms with E-state index in [9.17, 15) is 0 Å². The summed E-state index contributed by atoms with van der Waals surface area (Å²) in [6.45, 7) is 6.04. The molecule has 108 valence electrons. The number of hydrogen-bond donors (Lipinski definition) is 0. The van der Waals surface area contributed by atoms with Crippen LogP contribution in [0.25, 0.3) is 6.08 Å². The van der Waals surface area contributed by atoms with E-state index in [1.807, 2.05) is 36.4 Å². The van der Waals surface area contributed by atoms with E-state index in [1.54, 1.807) is 32.1 Å². The molecule has 0 aliphatic heterocycles. The Morgan fingerprint density at radius 2 is 1.50 bits per heavy atom. The van der Waals surface area contributed by atoms with Crippen molar-refractivity contribution in [2.75, 3.05) is 0 Å². The van der Waals surface area contributed by atoms with Crippen molar-refractivity contribution in [2.24, 2.45) is 29.6 Å². The van der Waals surface area contributed by atoms with Crippen LogP contribution in [-0.4, -0.2) is 0 Å². The zero-order chi connectivity index (χ0) is 13.9. The smallest absolute Gasteiger partial charge is 0.0263 e. The standard InChI is InChI=1S/C12H20.C8H8/c1-2-12-10-4-8-3-9(6-10)7-11(12)5-8;1-2-8-6-4-3-5-7-8/h8-12H,2-7H2,1H3;2-7H,1H2. The van der Waals surface area contributed by atoms with E-state index in [0.29, 0.717) is 0 Å². The Bertz CT molecular complexity index is 403. The second-order valence-electron chi connectivity index (χ2n) is 7.12. The third kappa shape index (κ3) is 2.85. The molecule has 0 atom stereocenters. The molecule has 0 heteroatoms. The molecule has 4 fully saturated rings. The maximum Gasteiger partial charge on any atom is -0.0263 e. The summed E-state index contributed by atoms with van der Waals surface area (Å²) < 4.78 is 0. The molecule has 0 aromatic heterocycles.